The average molecular weight is 256 g/mol. The summed E-state index contributed by atoms with van der Waals surface area (Å²) in [6.07, 6.45) is 0.828. The molecule has 1 atom stereocenters. The van der Waals surface area contributed by atoms with E-state index in [1.54, 1.807) is 0 Å². The van der Waals surface area contributed by atoms with Gasteiger partial charge in [-0.25, -0.2) is 0 Å². The van der Waals surface area contributed by atoms with E-state index in [-0.39, 0.29) is 6.04 Å². The summed E-state index contributed by atoms with van der Waals surface area (Å²) < 4.78 is 5.69. The van der Waals surface area contributed by atoms with Crippen molar-refractivity contribution in [3.8, 4) is 5.75 Å². The van der Waals surface area contributed by atoms with E-state index in [0.717, 1.165) is 12.2 Å². The SMILES string of the molecule is Cc1ccc(C(CCOc2ccccc2)NN)cc1. The Morgan fingerprint density at radius 1 is 1.05 bits per heavy atom. The van der Waals surface area contributed by atoms with Gasteiger partial charge in [-0.05, 0) is 24.6 Å². The van der Waals surface area contributed by atoms with Crippen LogP contribution in [0, 0.1) is 6.92 Å². The molecule has 0 aliphatic rings. The number of nitrogens with two attached hydrogens (primary N) is 1. The standard InChI is InChI=1S/C16H20N2O/c1-13-7-9-14(10-8-13)16(18-17)11-12-19-15-5-3-2-4-6-15/h2-10,16,18H,11-12,17H2,1H3. The Labute approximate surface area is 114 Å². The van der Waals surface area contributed by atoms with E-state index in [1.807, 2.05) is 30.3 Å². The van der Waals surface area contributed by atoms with E-state index >= 15 is 0 Å². The highest BCUT2D eigenvalue weighted by atomic mass is 16.5. The van der Waals surface area contributed by atoms with Gasteiger partial charge in [-0.1, -0.05) is 48.0 Å². The molecule has 0 heterocycles. The lowest BCUT2D eigenvalue weighted by atomic mass is 10.0. The van der Waals surface area contributed by atoms with E-state index in [4.69, 9.17) is 10.6 Å². The molecule has 2 rings (SSSR count). The first-order valence-electron chi connectivity index (χ1n) is 6.50. The van der Waals surface area contributed by atoms with Crippen molar-refractivity contribution in [2.75, 3.05) is 6.61 Å². The smallest absolute Gasteiger partial charge is 0.119 e. The van der Waals surface area contributed by atoms with E-state index in [1.165, 1.54) is 11.1 Å². The van der Waals surface area contributed by atoms with Gasteiger partial charge >= 0.3 is 0 Å². The van der Waals surface area contributed by atoms with Crippen molar-refractivity contribution in [2.45, 2.75) is 19.4 Å². The molecule has 0 aliphatic carbocycles. The summed E-state index contributed by atoms with van der Waals surface area (Å²) in [6, 6.07) is 18.3. The van der Waals surface area contributed by atoms with Crippen LogP contribution in [0.4, 0.5) is 0 Å². The first kappa shape index (κ1) is 13.6. The van der Waals surface area contributed by atoms with Crippen molar-refractivity contribution >= 4 is 0 Å². The molecule has 2 aromatic carbocycles. The molecule has 0 spiro atoms. The number of hydrogen-bond acceptors (Lipinski definition) is 3. The molecule has 3 nitrogen and oxygen atoms in total. The largest absolute Gasteiger partial charge is 0.494 e. The number of rotatable bonds is 6. The van der Waals surface area contributed by atoms with Gasteiger partial charge in [-0.15, -0.1) is 0 Å². The molecule has 0 aromatic heterocycles. The predicted octanol–water partition coefficient (Wildman–Crippen LogP) is 2.97. The molecular weight excluding hydrogens is 236 g/mol. The molecule has 1 unspecified atom stereocenters. The van der Waals surface area contributed by atoms with Gasteiger partial charge in [0.05, 0.1) is 6.61 Å². The zero-order chi connectivity index (χ0) is 13.5. The Morgan fingerprint density at radius 2 is 1.74 bits per heavy atom. The minimum atomic E-state index is 0.115. The van der Waals surface area contributed by atoms with Gasteiger partial charge < -0.3 is 4.74 Å². The van der Waals surface area contributed by atoms with Gasteiger partial charge in [0.2, 0.25) is 0 Å². The maximum atomic E-state index is 5.69. The second kappa shape index (κ2) is 6.92. The maximum Gasteiger partial charge on any atom is 0.119 e. The Kier molecular flexibility index (Phi) is 4.95. The second-order valence-electron chi connectivity index (χ2n) is 4.58. The molecule has 2 aromatic rings. The third kappa shape index (κ3) is 4.09. The molecule has 0 fully saturated rings. The summed E-state index contributed by atoms with van der Waals surface area (Å²) in [5.74, 6) is 6.51. The zero-order valence-corrected chi connectivity index (χ0v) is 11.2. The lowest BCUT2D eigenvalue weighted by molar-refractivity contribution is 0.287. The molecule has 100 valence electrons. The third-order valence-corrected chi connectivity index (χ3v) is 3.10. The summed E-state index contributed by atoms with van der Waals surface area (Å²) in [5, 5.41) is 0. The first-order chi connectivity index (χ1) is 9.29. The number of nitrogens with one attached hydrogen (secondary N) is 1. The summed E-state index contributed by atoms with van der Waals surface area (Å²) in [4.78, 5) is 0. The molecule has 0 amide bonds. The molecule has 3 heteroatoms. The van der Waals surface area contributed by atoms with Crippen molar-refractivity contribution in [1.82, 2.24) is 5.43 Å². The second-order valence-corrected chi connectivity index (χ2v) is 4.58. The highest BCUT2D eigenvalue weighted by Crippen LogP contribution is 2.17. The number of para-hydroxylation sites is 1. The van der Waals surface area contributed by atoms with Gasteiger partial charge in [-0.2, -0.15) is 0 Å². The normalized spacial score (nSPS) is 12.1. The van der Waals surface area contributed by atoms with Crippen LogP contribution in [0.3, 0.4) is 0 Å². The monoisotopic (exact) mass is 256 g/mol. The van der Waals surface area contributed by atoms with Gasteiger partial charge in [0, 0.05) is 12.5 Å². The van der Waals surface area contributed by atoms with Gasteiger partial charge in [0.15, 0.2) is 0 Å². The fourth-order valence-corrected chi connectivity index (χ4v) is 1.96. The number of hydrogen-bond donors (Lipinski definition) is 2. The van der Waals surface area contributed by atoms with Crippen LogP contribution >= 0.6 is 0 Å². The highest BCUT2D eigenvalue weighted by molar-refractivity contribution is 5.24. The topological polar surface area (TPSA) is 47.3 Å². The van der Waals surface area contributed by atoms with Crippen LogP contribution in [-0.4, -0.2) is 6.61 Å². The third-order valence-electron chi connectivity index (χ3n) is 3.10. The Hall–Kier alpha value is -1.84. The zero-order valence-electron chi connectivity index (χ0n) is 11.2. The molecule has 0 saturated carbocycles. The fraction of sp³-hybridized carbons (Fsp3) is 0.250. The Balaban J connectivity index is 1.87. The minimum Gasteiger partial charge on any atom is -0.494 e. The van der Waals surface area contributed by atoms with Crippen LogP contribution in [-0.2, 0) is 0 Å². The summed E-state index contributed by atoms with van der Waals surface area (Å²) in [5.41, 5.74) is 5.28. The van der Waals surface area contributed by atoms with E-state index in [9.17, 15) is 0 Å². The van der Waals surface area contributed by atoms with Gasteiger partial charge in [-0.3, -0.25) is 11.3 Å². The average Bonchev–Trinajstić information content (AvgIpc) is 2.46. The number of aryl methyl sites for hydroxylation is 1. The predicted molar refractivity (Wildman–Crippen MR) is 77.8 cm³/mol. The van der Waals surface area contributed by atoms with Gasteiger partial charge in [0.1, 0.15) is 5.75 Å². The summed E-state index contributed by atoms with van der Waals surface area (Å²) in [6.45, 7) is 2.71. The molecule has 0 aliphatic heterocycles. The lowest BCUT2D eigenvalue weighted by Gasteiger charge is -2.17. The van der Waals surface area contributed by atoms with E-state index in [0.29, 0.717) is 6.61 Å². The van der Waals surface area contributed by atoms with Crippen molar-refractivity contribution in [2.24, 2.45) is 5.84 Å². The van der Waals surface area contributed by atoms with E-state index < -0.39 is 0 Å². The van der Waals surface area contributed by atoms with Crippen molar-refractivity contribution in [3.05, 3.63) is 65.7 Å². The summed E-state index contributed by atoms with van der Waals surface area (Å²) in [7, 11) is 0. The first-order valence-corrected chi connectivity index (χ1v) is 6.50. The van der Waals surface area contributed by atoms with Crippen molar-refractivity contribution < 1.29 is 4.74 Å². The molecular formula is C16H20N2O. The highest BCUT2D eigenvalue weighted by Gasteiger charge is 2.09. The summed E-state index contributed by atoms with van der Waals surface area (Å²) >= 11 is 0. The molecule has 0 saturated heterocycles. The van der Waals surface area contributed by atoms with E-state index in [2.05, 4.69) is 36.6 Å². The van der Waals surface area contributed by atoms with Crippen LogP contribution in [0.2, 0.25) is 0 Å². The molecule has 0 bridgehead atoms. The molecule has 0 radical (unpaired) electrons. The van der Waals surface area contributed by atoms with Crippen LogP contribution in [0.1, 0.15) is 23.6 Å². The van der Waals surface area contributed by atoms with Crippen molar-refractivity contribution in [3.63, 3.8) is 0 Å². The number of ether oxygens (including phenoxy) is 1. The number of benzene rings is 2. The minimum absolute atomic E-state index is 0.115. The quantitative estimate of drug-likeness (QED) is 0.617. The van der Waals surface area contributed by atoms with Crippen LogP contribution < -0.4 is 16.0 Å². The van der Waals surface area contributed by atoms with Crippen molar-refractivity contribution in [1.29, 1.82) is 0 Å². The maximum absolute atomic E-state index is 5.69. The lowest BCUT2D eigenvalue weighted by Crippen LogP contribution is -2.29. The number of hydrazine groups is 1. The Morgan fingerprint density at radius 3 is 2.37 bits per heavy atom. The fourth-order valence-electron chi connectivity index (χ4n) is 1.96. The van der Waals surface area contributed by atoms with Crippen LogP contribution in [0.15, 0.2) is 54.6 Å². The molecule has 19 heavy (non-hydrogen) atoms. The van der Waals surface area contributed by atoms with Crippen LogP contribution in [0.25, 0.3) is 0 Å². The Bertz CT molecular complexity index is 482. The van der Waals surface area contributed by atoms with Gasteiger partial charge in [0.25, 0.3) is 0 Å². The molecule has 3 N–H and O–H groups in total. The van der Waals surface area contributed by atoms with Crippen LogP contribution in [0.5, 0.6) is 5.75 Å².